The molecule has 0 aromatic heterocycles. The smallest absolute Gasteiger partial charge is 0.314 e. The number of piperazine rings is 1. The molecule has 1 aromatic rings. The Balaban J connectivity index is 0.00000144. The molecule has 1 aliphatic heterocycles. The van der Waals surface area contributed by atoms with Crippen molar-refractivity contribution in [1.82, 2.24) is 10.2 Å². The molecule has 3 rings (SSSR count). The highest BCUT2D eigenvalue weighted by Gasteiger charge is 2.38. The van der Waals surface area contributed by atoms with Crippen LogP contribution in [0, 0.1) is 11.7 Å². The summed E-state index contributed by atoms with van der Waals surface area (Å²) >= 11 is 0. The third kappa shape index (κ3) is 4.54. The second-order valence-electron chi connectivity index (χ2n) is 6.16. The summed E-state index contributed by atoms with van der Waals surface area (Å²) in [7, 11) is 0. The molecule has 1 atom stereocenters. The van der Waals surface area contributed by atoms with Gasteiger partial charge in [-0.05, 0) is 36.5 Å². The number of benzene rings is 1. The normalized spacial score (nSPS) is 20.5. The van der Waals surface area contributed by atoms with Crippen LogP contribution in [0.3, 0.4) is 0 Å². The van der Waals surface area contributed by atoms with Crippen LogP contribution >= 0.6 is 24.8 Å². The molecule has 0 bridgehead atoms. The van der Waals surface area contributed by atoms with E-state index < -0.39 is 17.6 Å². The SMILES string of the molecule is Cl.Cl.Fc1ccc([C@H](C2CCC2)N2CCNCC2)cc1C(F)(F)F. The van der Waals surface area contributed by atoms with E-state index in [0.717, 1.165) is 57.6 Å². The predicted molar refractivity (Wildman–Crippen MR) is 90.4 cm³/mol. The fraction of sp³-hybridized carbons (Fsp3) is 0.625. The van der Waals surface area contributed by atoms with Crippen molar-refractivity contribution in [3.8, 4) is 0 Å². The van der Waals surface area contributed by atoms with Crippen molar-refractivity contribution in [3.63, 3.8) is 0 Å². The first-order valence-corrected chi connectivity index (χ1v) is 7.78. The summed E-state index contributed by atoms with van der Waals surface area (Å²) in [5.74, 6) is -0.812. The zero-order valence-electron chi connectivity index (χ0n) is 13.1. The molecule has 24 heavy (non-hydrogen) atoms. The predicted octanol–water partition coefficient (Wildman–Crippen LogP) is 4.43. The minimum Gasteiger partial charge on any atom is -0.314 e. The van der Waals surface area contributed by atoms with Crippen molar-refractivity contribution in [2.45, 2.75) is 31.5 Å². The summed E-state index contributed by atoms with van der Waals surface area (Å²) in [6.07, 6.45) is -1.45. The van der Waals surface area contributed by atoms with Gasteiger partial charge in [0.25, 0.3) is 0 Å². The quantitative estimate of drug-likeness (QED) is 0.770. The van der Waals surface area contributed by atoms with E-state index >= 15 is 0 Å². The monoisotopic (exact) mass is 388 g/mol. The van der Waals surface area contributed by atoms with Gasteiger partial charge in [-0.15, -0.1) is 24.8 Å². The molecular formula is C16H22Cl2F4N2. The lowest BCUT2D eigenvalue weighted by molar-refractivity contribution is -0.140. The van der Waals surface area contributed by atoms with Crippen LogP contribution in [0.15, 0.2) is 18.2 Å². The Morgan fingerprint density at radius 1 is 1.08 bits per heavy atom. The van der Waals surface area contributed by atoms with Crippen LogP contribution < -0.4 is 5.32 Å². The van der Waals surface area contributed by atoms with E-state index in [0.29, 0.717) is 11.5 Å². The van der Waals surface area contributed by atoms with E-state index in [4.69, 9.17) is 0 Å². The Morgan fingerprint density at radius 2 is 1.71 bits per heavy atom. The van der Waals surface area contributed by atoms with E-state index in [9.17, 15) is 17.6 Å². The molecule has 2 fully saturated rings. The van der Waals surface area contributed by atoms with Crippen LogP contribution in [-0.4, -0.2) is 31.1 Å². The number of hydrogen-bond donors (Lipinski definition) is 1. The van der Waals surface area contributed by atoms with Crippen molar-refractivity contribution >= 4 is 24.8 Å². The molecule has 2 aliphatic rings. The van der Waals surface area contributed by atoms with Gasteiger partial charge in [0, 0.05) is 32.2 Å². The van der Waals surface area contributed by atoms with E-state index in [1.165, 1.54) is 6.07 Å². The first kappa shape index (κ1) is 21.5. The molecule has 8 heteroatoms. The summed E-state index contributed by atoms with van der Waals surface area (Å²) in [5, 5.41) is 3.26. The fourth-order valence-electron chi connectivity index (χ4n) is 3.44. The molecule has 2 nitrogen and oxygen atoms in total. The lowest BCUT2D eigenvalue weighted by Gasteiger charge is -2.43. The number of alkyl halides is 3. The van der Waals surface area contributed by atoms with E-state index in [2.05, 4.69) is 10.2 Å². The Morgan fingerprint density at radius 3 is 2.21 bits per heavy atom. The largest absolute Gasteiger partial charge is 0.419 e. The van der Waals surface area contributed by atoms with Gasteiger partial charge < -0.3 is 5.32 Å². The molecule has 0 spiro atoms. The summed E-state index contributed by atoms with van der Waals surface area (Å²) in [6, 6.07) is 3.47. The molecule has 0 unspecified atom stereocenters. The van der Waals surface area contributed by atoms with Crippen LogP contribution in [0.25, 0.3) is 0 Å². The number of hydrogen-bond acceptors (Lipinski definition) is 2. The van der Waals surface area contributed by atoms with Gasteiger partial charge in [-0.3, -0.25) is 4.90 Å². The zero-order chi connectivity index (χ0) is 15.7. The average molecular weight is 389 g/mol. The second-order valence-corrected chi connectivity index (χ2v) is 6.16. The van der Waals surface area contributed by atoms with Gasteiger partial charge in [0.1, 0.15) is 5.82 Å². The summed E-state index contributed by atoms with van der Waals surface area (Å²) in [5.41, 5.74) is -0.551. The molecule has 1 saturated heterocycles. The minimum absolute atomic E-state index is 0. The molecule has 0 radical (unpaired) electrons. The fourth-order valence-corrected chi connectivity index (χ4v) is 3.44. The Labute approximate surface area is 151 Å². The first-order chi connectivity index (χ1) is 10.5. The summed E-state index contributed by atoms with van der Waals surface area (Å²) in [6.45, 7) is 3.33. The molecule has 1 N–H and O–H groups in total. The maximum Gasteiger partial charge on any atom is 0.419 e. The topological polar surface area (TPSA) is 15.3 Å². The van der Waals surface area contributed by atoms with Gasteiger partial charge in [-0.25, -0.2) is 4.39 Å². The van der Waals surface area contributed by atoms with Crippen molar-refractivity contribution in [1.29, 1.82) is 0 Å². The van der Waals surface area contributed by atoms with Gasteiger partial charge in [0.15, 0.2) is 0 Å². The third-order valence-corrected chi connectivity index (χ3v) is 4.78. The van der Waals surface area contributed by atoms with Crippen LogP contribution in [0.1, 0.15) is 36.4 Å². The van der Waals surface area contributed by atoms with Crippen molar-refractivity contribution in [2.24, 2.45) is 5.92 Å². The molecule has 1 aromatic carbocycles. The minimum atomic E-state index is -4.65. The maximum absolute atomic E-state index is 13.5. The first-order valence-electron chi connectivity index (χ1n) is 7.78. The average Bonchev–Trinajstić information content (AvgIpc) is 2.43. The van der Waals surface area contributed by atoms with Crippen LogP contribution in [0.4, 0.5) is 17.6 Å². The Bertz CT molecular complexity index is 529. The molecule has 1 heterocycles. The highest BCUT2D eigenvalue weighted by Crippen LogP contribution is 2.43. The van der Waals surface area contributed by atoms with Gasteiger partial charge >= 0.3 is 6.18 Å². The highest BCUT2D eigenvalue weighted by atomic mass is 35.5. The molecular weight excluding hydrogens is 367 g/mol. The van der Waals surface area contributed by atoms with Gasteiger partial charge in [0.05, 0.1) is 5.56 Å². The number of rotatable bonds is 3. The van der Waals surface area contributed by atoms with E-state index in [1.54, 1.807) is 0 Å². The summed E-state index contributed by atoms with van der Waals surface area (Å²) in [4.78, 5) is 2.24. The molecule has 1 aliphatic carbocycles. The van der Waals surface area contributed by atoms with Crippen LogP contribution in [-0.2, 0) is 6.18 Å². The standard InChI is InChI=1S/C16H20F4N2.2ClH/c17-14-5-4-12(10-13(14)16(18,19)20)15(11-2-1-3-11)22-8-6-21-7-9-22;;/h4-5,10-11,15,21H,1-3,6-9H2;2*1H/t15-;;/m0../s1. The molecule has 138 valence electrons. The van der Waals surface area contributed by atoms with Crippen molar-refractivity contribution < 1.29 is 17.6 Å². The lowest BCUT2D eigenvalue weighted by Crippen LogP contribution is -2.47. The highest BCUT2D eigenvalue weighted by molar-refractivity contribution is 5.85. The van der Waals surface area contributed by atoms with E-state index in [1.807, 2.05) is 0 Å². The summed E-state index contributed by atoms with van der Waals surface area (Å²) < 4.78 is 52.4. The van der Waals surface area contributed by atoms with Gasteiger partial charge in [-0.1, -0.05) is 12.5 Å². The molecule has 0 amide bonds. The van der Waals surface area contributed by atoms with Crippen molar-refractivity contribution in [2.75, 3.05) is 26.2 Å². The number of nitrogens with zero attached hydrogens (tertiary/aromatic N) is 1. The van der Waals surface area contributed by atoms with E-state index in [-0.39, 0.29) is 30.9 Å². The van der Waals surface area contributed by atoms with Gasteiger partial charge in [0.2, 0.25) is 0 Å². The Hall–Kier alpha value is -0.560. The van der Waals surface area contributed by atoms with Crippen LogP contribution in [0.2, 0.25) is 0 Å². The van der Waals surface area contributed by atoms with Crippen molar-refractivity contribution in [3.05, 3.63) is 35.1 Å². The third-order valence-electron chi connectivity index (χ3n) is 4.78. The number of halogens is 6. The van der Waals surface area contributed by atoms with Crippen LogP contribution in [0.5, 0.6) is 0 Å². The maximum atomic E-state index is 13.5. The molecule has 1 saturated carbocycles. The van der Waals surface area contributed by atoms with Gasteiger partial charge in [-0.2, -0.15) is 13.2 Å². The Kier molecular flexibility index (Phi) is 7.78. The second kappa shape index (κ2) is 8.70. The number of nitrogens with one attached hydrogen (secondary N) is 1. The lowest BCUT2D eigenvalue weighted by atomic mass is 9.76. The zero-order valence-corrected chi connectivity index (χ0v) is 14.7.